The van der Waals surface area contributed by atoms with Gasteiger partial charge in [-0.25, -0.2) is 0 Å². The molecule has 1 aromatic heterocycles. The van der Waals surface area contributed by atoms with Gasteiger partial charge in [-0.05, 0) is 24.5 Å². The molecule has 18 heavy (non-hydrogen) atoms. The van der Waals surface area contributed by atoms with Crippen LogP contribution in [-0.2, 0) is 13.0 Å². The number of rotatable bonds is 4. The van der Waals surface area contributed by atoms with Gasteiger partial charge in [-0.1, -0.05) is 31.2 Å². The summed E-state index contributed by atoms with van der Waals surface area (Å²) in [5.74, 6) is 0.367. The Balaban J connectivity index is 2.14. The molecule has 0 amide bonds. The molecule has 2 rings (SSSR count). The van der Waals surface area contributed by atoms with Crippen LogP contribution in [0.15, 0.2) is 41.3 Å². The van der Waals surface area contributed by atoms with E-state index in [1.54, 1.807) is 12.3 Å². The maximum absolute atomic E-state index is 11.7. The highest BCUT2D eigenvalue weighted by molar-refractivity contribution is 5.27. The van der Waals surface area contributed by atoms with Gasteiger partial charge in [0.2, 0.25) is 5.43 Å². The fraction of sp³-hybridized carbons (Fsp3) is 0.267. The molecule has 94 valence electrons. The second-order valence-corrected chi connectivity index (χ2v) is 4.26. The maximum atomic E-state index is 11.7. The molecule has 0 aliphatic carbocycles. The van der Waals surface area contributed by atoms with Crippen molar-refractivity contribution in [2.45, 2.75) is 26.9 Å². The van der Waals surface area contributed by atoms with E-state index in [0.29, 0.717) is 12.4 Å². The molecule has 3 heteroatoms. The molecular formula is C15H17NO2. The molecule has 1 N–H and O–H groups in total. The number of H-pyrrole nitrogens is 1. The van der Waals surface area contributed by atoms with Crippen LogP contribution in [0, 0.1) is 6.92 Å². The number of hydrogen-bond donors (Lipinski definition) is 1. The topological polar surface area (TPSA) is 42.1 Å². The SMILES string of the molecule is CCc1ccccc1COc1c[nH]c(C)cc1=O. The van der Waals surface area contributed by atoms with E-state index in [2.05, 4.69) is 18.0 Å². The number of aromatic nitrogens is 1. The molecule has 2 aromatic rings. The molecule has 0 aliphatic rings. The largest absolute Gasteiger partial charge is 0.483 e. The lowest BCUT2D eigenvalue weighted by Gasteiger charge is -2.09. The molecule has 0 fully saturated rings. The molecular weight excluding hydrogens is 226 g/mol. The van der Waals surface area contributed by atoms with Crippen LogP contribution in [0.5, 0.6) is 5.75 Å². The number of aromatic amines is 1. The van der Waals surface area contributed by atoms with Crippen molar-refractivity contribution >= 4 is 0 Å². The molecule has 0 radical (unpaired) electrons. The zero-order chi connectivity index (χ0) is 13.0. The quantitative estimate of drug-likeness (QED) is 0.897. The molecule has 0 saturated heterocycles. The van der Waals surface area contributed by atoms with Gasteiger partial charge in [-0.15, -0.1) is 0 Å². The summed E-state index contributed by atoms with van der Waals surface area (Å²) < 4.78 is 5.58. The number of pyridine rings is 1. The first kappa shape index (κ1) is 12.4. The van der Waals surface area contributed by atoms with Crippen LogP contribution in [0.1, 0.15) is 23.7 Å². The summed E-state index contributed by atoms with van der Waals surface area (Å²) in [6, 6.07) is 9.65. The third-order valence-corrected chi connectivity index (χ3v) is 2.90. The summed E-state index contributed by atoms with van der Waals surface area (Å²) in [6.45, 7) is 4.38. The molecule has 0 spiro atoms. The number of ether oxygens (including phenoxy) is 1. The molecule has 0 bridgehead atoms. The molecule has 3 nitrogen and oxygen atoms in total. The zero-order valence-corrected chi connectivity index (χ0v) is 10.7. The predicted octanol–water partition coefficient (Wildman–Crippen LogP) is 2.82. The van der Waals surface area contributed by atoms with Crippen LogP contribution in [0.3, 0.4) is 0 Å². The van der Waals surface area contributed by atoms with Crippen LogP contribution in [-0.4, -0.2) is 4.98 Å². The van der Waals surface area contributed by atoms with Gasteiger partial charge in [-0.2, -0.15) is 0 Å². The van der Waals surface area contributed by atoms with Gasteiger partial charge in [0.25, 0.3) is 0 Å². The summed E-state index contributed by atoms with van der Waals surface area (Å²) in [6.07, 6.45) is 2.58. The third-order valence-electron chi connectivity index (χ3n) is 2.90. The summed E-state index contributed by atoms with van der Waals surface area (Å²) in [4.78, 5) is 14.7. The summed E-state index contributed by atoms with van der Waals surface area (Å²) in [7, 11) is 0. The van der Waals surface area contributed by atoms with Crippen molar-refractivity contribution in [1.82, 2.24) is 4.98 Å². The van der Waals surface area contributed by atoms with E-state index in [0.717, 1.165) is 17.7 Å². The van der Waals surface area contributed by atoms with Crippen molar-refractivity contribution in [3.05, 3.63) is 63.6 Å². The number of hydrogen-bond acceptors (Lipinski definition) is 2. The number of aryl methyl sites for hydroxylation is 2. The lowest BCUT2D eigenvalue weighted by Crippen LogP contribution is -2.09. The Hall–Kier alpha value is -2.03. The van der Waals surface area contributed by atoms with Gasteiger partial charge in [-0.3, -0.25) is 4.79 Å². The lowest BCUT2D eigenvalue weighted by atomic mass is 10.1. The first-order valence-electron chi connectivity index (χ1n) is 6.09. The van der Waals surface area contributed by atoms with Crippen molar-refractivity contribution in [2.24, 2.45) is 0 Å². The fourth-order valence-corrected chi connectivity index (χ4v) is 1.87. The molecule has 0 unspecified atom stereocenters. The second kappa shape index (κ2) is 5.54. The third kappa shape index (κ3) is 2.80. The maximum Gasteiger partial charge on any atom is 0.223 e. The minimum Gasteiger partial charge on any atom is -0.483 e. The smallest absolute Gasteiger partial charge is 0.223 e. The Morgan fingerprint density at radius 1 is 1.22 bits per heavy atom. The Labute approximate surface area is 106 Å². The Morgan fingerprint density at radius 3 is 2.61 bits per heavy atom. The van der Waals surface area contributed by atoms with Gasteiger partial charge in [0, 0.05) is 18.0 Å². The lowest BCUT2D eigenvalue weighted by molar-refractivity contribution is 0.301. The minimum atomic E-state index is -0.0831. The monoisotopic (exact) mass is 243 g/mol. The molecule has 1 heterocycles. The van der Waals surface area contributed by atoms with Gasteiger partial charge >= 0.3 is 0 Å². The van der Waals surface area contributed by atoms with Gasteiger partial charge < -0.3 is 9.72 Å². The summed E-state index contributed by atoms with van der Waals surface area (Å²) in [5.41, 5.74) is 3.13. The van der Waals surface area contributed by atoms with Gasteiger partial charge in [0.15, 0.2) is 5.75 Å². The van der Waals surface area contributed by atoms with E-state index >= 15 is 0 Å². The van der Waals surface area contributed by atoms with Crippen LogP contribution >= 0.6 is 0 Å². The van der Waals surface area contributed by atoms with Crippen molar-refractivity contribution in [1.29, 1.82) is 0 Å². The van der Waals surface area contributed by atoms with Gasteiger partial charge in [0.05, 0.1) is 0 Å². The van der Waals surface area contributed by atoms with E-state index in [4.69, 9.17) is 4.74 Å². The van der Waals surface area contributed by atoms with Crippen LogP contribution in [0.4, 0.5) is 0 Å². The average Bonchev–Trinajstić information content (AvgIpc) is 2.38. The van der Waals surface area contributed by atoms with E-state index < -0.39 is 0 Å². The van der Waals surface area contributed by atoms with E-state index in [1.165, 1.54) is 5.56 Å². The Morgan fingerprint density at radius 2 is 1.94 bits per heavy atom. The van der Waals surface area contributed by atoms with Crippen molar-refractivity contribution < 1.29 is 4.74 Å². The predicted molar refractivity (Wildman–Crippen MR) is 72.0 cm³/mol. The number of nitrogens with one attached hydrogen (secondary N) is 1. The van der Waals surface area contributed by atoms with Crippen molar-refractivity contribution in [3.63, 3.8) is 0 Å². The Bertz CT molecular complexity index is 587. The fourth-order valence-electron chi connectivity index (χ4n) is 1.87. The molecule has 0 saturated carbocycles. The second-order valence-electron chi connectivity index (χ2n) is 4.26. The zero-order valence-electron chi connectivity index (χ0n) is 10.7. The highest BCUT2D eigenvalue weighted by atomic mass is 16.5. The minimum absolute atomic E-state index is 0.0831. The Kier molecular flexibility index (Phi) is 3.82. The van der Waals surface area contributed by atoms with Crippen molar-refractivity contribution in [3.8, 4) is 5.75 Å². The molecule has 0 aliphatic heterocycles. The van der Waals surface area contributed by atoms with Gasteiger partial charge in [0.1, 0.15) is 6.61 Å². The van der Waals surface area contributed by atoms with Crippen LogP contribution < -0.4 is 10.2 Å². The van der Waals surface area contributed by atoms with E-state index in [1.807, 2.05) is 25.1 Å². The molecule has 0 atom stereocenters. The van der Waals surface area contributed by atoms with E-state index in [9.17, 15) is 4.79 Å². The first-order valence-corrected chi connectivity index (χ1v) is 6.09. The first-order chi connectivity index (χ1) is 8.70. The highest BCUT2D eigenvalue weighted by Crippen LogP contribution is 2.12. The van der Waals surface area contributed by atoms with E-state index in [-0.39, 0.29) is 5.43 Å². The van der Waals surface area contributed by atoms with Crippen LogP contribution in [0.25, 0.3) is 0 Å². The normalized spacial score (nSPS) is 10.3. The summed E-state index contributed by atoms with van der Waals surface area (Å²) >= 11 is 0. The average molecular weight is 243 g/mol. The standard InChI is InChI=1S/C15H17NO2/c1-3-12-6-4-5-7-13(12)10-18-15-9-16-11(2)8-14(15)17/h4-9H,3,10H2,1-2H3,(H,16,17). The summed E-state index contributed by atoms with van der Waals surface area (Å²) in [5, 5.41) is 0. The molecule has 1 aromatic carbocycles. The highest BCUT2D eigenvalue weighted by Gasteiger charge is 2.03. The van der Waals surface area contributed by atoms with Crippen molar-refractivity contribution in [2.75, 3.05) is 0 Å². The van der Waals surface area contributed by atoms with Crippen LogP contribution in [0.2, 0.25) is 0 Å². The number of benzene rings is 1.